The smallest absolute Gasteiger partial charge is 0.243 e. The highest BCUT2D eigenvalue weighted by Gasteiger charge is 2.26. The Hall–Kier alpha value is -6.57. The van der Waals surface area contributed by atoms with Crippen molar-refractivity contribution in [2.45, 2.75) is 68.4 Å². The Kier molecular flexibility index (Phi) is 18.1. The molecule has 8 aromatic rings. The maximum Gasteiger partial charge on any atom is 0.243 e. The SMILES string of the molecule is CC(NCc1ccc(S(=O)(=O)N(Cc2ccccc2)Cc2ccccc2)cc1)c1ccccn1.O=S(=O)(c1ccc(CNCCc2ccccc2)cc1)N(Cc1ccccc1)Cc1ccccc1.[HH].[HH]. The van der Waals surface area contributed by atoms with E-state index >= 15 is 0 Å². The first-order chi connectivity index (χ1) is 33.1. The molecule has 0 aliphatic heterocycles. The zero-order chi connectivity index (χ0) is 47.4. The zero-order valence-electron chi connectivity index (χ0n) is 38.4. The summed E-state index contributed by atoms with van der Waals surface area (Å²) in [6.45, 7) is 5.51. The number of hydrogen-bond acceptors (Lipinski definition) is 7. The van der Waals surface area contributed by atoms with Gasteiger partial charge in [-0.15, -0.1) is 0 Å². The van der Waals surface area contributed by atoms with Crippen molar-refractivity contribution in [1.82, 2.24) is 24.2 Å². The number of hydrogen-bond donors (Lipinski definition) is 2. The first-order valence-corrected chi connectivity index (χ1v) is 25.7. The standard InChI is InChI=1S/C29H30N2O2S.C28H29N3O2S.2H2/c32-34(33,31(23-27-12-6-2-7-13-27)24-28-14-8-3-9-15-28)29-18-16-26(17-19-29)22-30-21-20-25-10-4-1-5-11-25;1-23(28-14-8-9-19-29-28)30-20-24-15-17-27(18-16-24)34(32,33)31(21-25-10-4-2-5-11-25)22-26-12-6-3-7-13-26;;/h1-19,30H,20-24H2;2-19,23,30H,20-22H2,1H3;2*1H. The maximum absolute atomic E-state index is 13.6. The van der Waals surface area contributed by atoms with Crippen LogP contribution in [-0.2, 0) is 65.7 Å². The molecule has 9 nitrogen and oxygen atoms in total. The van der Waals surface area contributed by atoms with Crippen molar-refractivity contribution in [3.63, 3.8) is 0 Å². The van der Waals surface area contributed by atoms with E-state index in [0.29, 0.717) is 49.1 Å². The number of nitrogens with zero attached hydrogens (tertiary/aromatic N) is 3. The van der Waals surface area contributed by atoms with Crippen molar-refractivity contribution in [2.75, 3.05) is 6.54 Å². The molecule has 1 aromatic heterocycles. The van der Waals surface area contributed by atoms with Crippen LogP contribution in [0.5, 0.6) is 0 Å². The Morgan fingerprint density at radius 3 is 1.15 bits per heavy atom. The van der Waals surface area contributed by atoms with Crippen molar-refractivity contribution >= 4 is 20.0 Å². The highest BCUT2D eigenvalue weighted by molar-refractivity contribution is 7.89. The summed E-state index contributed by atoms with van der Waals surface area (Å²) in [6.07, 6.45) is 2.74. The lowest BCUT2D eigenvalue weighted by Gasteiger charge is -2.23. The summed E-state index contributed by atoms with van der Waals surface area (Å²) in [4.78, 5) is 4.98. The van der Waals surface area contributed by atoms with Crippen molar-refractivity contribution in [2.24, 2.45) is 0 Å². The lowest BCUT2D eigenvalue weighted by molar-refractivity contribution is 0.401. The van der Waals surface area contributed by atoms with E-state index in [1.165, 1.54) is 9.87 Å². The number of benzene rings is 7. The van der Waals surface area contributed by atoms with Crippen molar-refractivity contribution in [1.29, 1.82) is 0 Å². The number of pyridine rings is 1. The third kappa shape index (κ3) is 14.7. The molecule has 0 radical (unpaired) electrons. The van der Waals surface area contributed by atoms with E-state index < -0.39 is 20.0 Å². The van der Waals surface area contributed by atoms with Crippen LogP contribution < -0.4 is 10.6 Å². The molecule has 11 heteroatoms. The van der Waals surface area contributed by atoms with Gasteiger partial charge in [0.05, 0.1) is 15.5 Å². The minimum atomic E-state index is -3.69. The van der Waals surface area contributed by atoms with Crippen LogP contribution in [0.2, 0.25) is 0 Å². The van der Waals surface area contributed by atoms with Gasteiger partial charge in [-0.25, -0.2) is 16.8 Å². The van der Waals surface area contributed by atoms with Gasteiger partial charge in [0.1, 0.15) is 0 Å². The van der Waals surface area contributed by atoms with Crippen molar-refractivity contribution < 1.29 is 19.7 Å². The van der Waals surface area contributed by atoms with Crippen LogP contribution in [-0.4, -0.2) is 37.0 Å². The van der Waals surface area contributed by atoms with Crippen molar-refractivity contribution in [3.05, 3.63) is 269 Å². The second-order valence-corrected chi connectivity index (χ2v) is 20.4. The molecule has 0 aliphatic carbocycles. The van der Waals surface area contributed by atoms with Crippen LogP contribution in [0.25, 0.3) is 0 Å². The van der Waals surface area contributed by atoms with Gasteiger partial charge in [-0.2, -0.15) is 8.61 Å². The zero-order valence-corrected chi connectivity index (χ0v) is 40.0. The van der Waals surface area contributed by atoms with Gasteiger partial charge in [0, 0.05) is 54.4 Å². The normalized spacial score (nSPS) is 12.0. The fraction of sp³-hybridized carbons (Fsp3) is 0.175. The fourth-order valence-electron chi connectivity index (χ4n) is 7.57. The molecule has 2 N–H and O–H groups in total. The molecule has 0 spiro atoms. The second-order valence-electron chi connectivity index (χ2n) is 16.5. The predicted octanol–water partition coefficient (Wildman–Crippen LogP) is 11.2. The van der Waals surface area contributed by atoms with Crippen LogP contribution in [0.1, 0.15) is 60.5 Å². The van der Waals surface area contributed by atoms with Gasteiger partial charge in [-0.1, -0.05) is 182 Å². The van der Waals surface area contributed by atoms with E-state index in [1.54, 1.807) is 34.8 Å². The quantitative estimate of drug-likeness (QED) is 0.0690. The molecule has 0 saturated heterocycles. The lowest BCUT2D eigenvalue weighted by Crippen LogP contribution is -2.30. The van der Waals surface area contributed by atoms with E-state index in [0.717, 1.165) is 52.0 Å². The summed E-state index contributed by atoms with van der Waals surface area (Å²) >= 11 is 0. The van der Waals surface area contributed by atoms with E-state index in [1.807, 2.05) is 182 Å². The molecular formula is C57H63N5O4S2. The monoisotopic (exact) mass is 945 g/mol. The van der Waals surface area contributed by atoms with E-state index in [9.17, 15) is 16.8 Å². The number of nitrogens with one attached hydrogen (secondary N) is 2. The highest BCUT2D eigenvalue weighted by Crippen LogP contribution is 2.24. The van der Waals surface area contributed by atoms with Crippen LogP contribution in [0, 0.1) is 0 Å². The summed E-state index contributed by atoms with van der Waals surface area (Å²) in [7, 11) is -7.35. The van der Waals surface area contributed by atoms with Gasteiger partial charge < -0.3 is 10.6 Å². The minimum Gasteiger partial charge on any atom is -0.312 e. The Morgan fingerprint density at radius 1 is 0.426 bits per heavy atom. The summed E-state index contributed by atoms with van der Waals surface area (Å²) < 4.78 is 57.5. The van der Waals surface area contributed by atoms with Crippen LogP contribution in [0.15, 0.2) is 234 Å². The molecule has 1 heterocycles. The molecule has 352 valence electrons. The molecule has 1 atom stereocenters. The summed E-state index contributed by atoms with van der Waals surface area (Å²) in [5.74, 6) is 0. The molecule has 7 aromatic carbocycles. The average Bonchev–Trinajstić information content (AvgIpc) is 3.39. The largest absolute Gasteiger partial charge is 0.312 e. The maximum atomic E-state index is 13.6. The summed E-state index contributed by atoms with van der Waals surface area (Å²) in [6, 6.07) is 69.5. The summed E-state index contributed by atoms with van der Waals surface area (Å²) in [5.41, 5.74) is 8.16. The van der Waals surface area contributed by atoms with Gasteiger partial charge >= 0.3 is 0 Å². The topological polar surface area (TPSA) is 112 Å². The Bertz CT molecular complexity index is 2850. The predicted molar refractivity (Wildman–Crippen MR) is 277 cm³/mol. The fourth-order valence-corrected chi connectivity index (χ4v) is 10.4. The van der Waals surface area contributed by atoms with Crippen LogP contribution in [0.3, 0.4) is 0 Å². The minimum absolute atomic E-state index is 0. The molecule has 0 amide bonds. The Morgan fingerprint density at radius 2 is 0.779 bits per heavy atom. The van der Waals surface area contributed by atoms with Gasteiger partial charge in [-0.3, -0.25) is 4.98 Å². The molecule has 68 heavy (non-hydrogen) atoms. The van der Waals surface area contributed by atoms with Crippen LogP contribution >= 0.6 is 0 Å². The first kappa shape index (κ1) is 49.3. The molecule has 0 aliphatic rings. The van der Waals surface area contributed by atoms with E-state index in [4.69, 9.17) is 0 Å². The lowest BCUT2D eigenvalue weighted by atomic mass is 10.1. The van der Waals surface area contributed by atoms with Gasteiger partial charge in [-0.05, 0) is 95.2 Å². The molecule has 1 unspecified atom stereocenters. The summed E-state index contributed by atoms with van der Waals surface area (Å²) in [5, 5.41) is 6.88. The van der Waals surface area contributed by atoms with Gasteiger partial charge in [0.15, 0.2) is 0 Å². The number of aromatic nitrogens is 1. The van der Waals surface area contributed by atoms with Gasteiger partial charge in [0.2, 0.25) is 20.0 Å². The molecule has 0 bridgehead atoms. The number of sulfonamides is 2. The Labute approximate surface area is 406 Å². The van der Waals surface area contributed by atoms with E-state index in [2.05, 4.69) is 34.7 Å². The van der Waals surface area contributed by atoms with E-state index in [-0.39, 0.29) is 8.90 Å². The van der Waals surface area contributed by atoms with Gasteiger partial charge in [0.25, 0.3) is 0 Å². The van der Waals surface area contributed by atoms with Crippen molar-refractivity contribution in [3.8, 4) is 0 Å². The highest BCUT2D eigenvalue weighted by atomic mass is 32.2. The third-order valence-corrected chi connectivity index (χ3v) is 15.0. The van der Waals surface area contributed by atoms with Crippen LogP contribution in [0.4, 0.5) is 0 Å². The first-order valence-electron chi connectivity index (χ1n) is 22.9. The second kappa shape index (κ2) is 25.0. The molecule has 0 fully saturated rings. The average molecular weight is 946 g/mol. The Balaban J connectivity index is 0.000000254. The number of rotatable bonds is 21. The molecule has 0 saturated carbocycles. The molecule has 8 rings (SSSR count). The molecular weight excluding hydrogens is 883 g/mol. The third-order valence-electron chi connectivity index (χ3n) is 11.4.